The molecule has 0 aliphatic carbocycles. The molecular formula is C21H28N4O4S. The Bertz CT molecular complexity index is 960. The number of likely N-dealkylation sites (N-methyl/N-ethyl adjacent to an activating group) is 1. The second kappa shape index (κ2) is 10.3. The fraction of sp³-hybridized carbons (Fsp3) is 0.333. The quantitative estimate of drug-likeness (QED) is 0.559. The molecule has 30 heavy (non-hydrogen) atoms. The van der Waals surface area contributed by atoms with Crippen LogP contribution in [0.1, 0.15) is 25.5 Å². The molecule has 0 aliphatic rings. The minimum atomic E-state index is -3.89. The summed E-state index contributed by atoms with van der Waals surface area (Å²) in [6, 6.07) is 14.5. The largest absolute Gasteiger partial charge is 0.353 e. The summed E-state index contributed by atoms with van der Waals surface area (Å²) in [7, 11) is -0.0563. The van der Waals surface area contributed by atoms with Crippen molar-refractivity contribution in [2.45, 2.75) is 30.8 Å². The van der Waals surface area contributed by atoms with E-state index in [0.29, 0.717) is 12.2 Å². The molecule has 2 amide bonds. The highest BCUT2D eigenvalue weighted by atomic mass is 32.2. The normalized spacial score (nSPS) is 13.5. The third-order valence-corrected chi connectivity index (χ3v) is 6.04. The monoisotopic (exact) mass is 432 g/mol. The number of amides is 2. The zero-order chi connectivity index (χ0) is 22.3. The highest BCUT2D eigenvalue weighted by Crippen LogP contribution is 2.17. The van der Waals surface area contributed by atoms with Gasteiger partial charge in [-0.3, -0.25) is 9.59 Å². The maximum absolute atomic E-state index is 12.6. The summed E-state index contributed by atoms with van der Waals surface area (Å²) in [4.78, 5) is 25.5. The van der Waals surface area contributed by atoms with E-state index >= 15 is 0 Å². The summed E-state index contributed by atoms with van der Waals surface area (Å²) in [5, 5.41) is 5.38. The molecule has 2 aromatic carbocycles. The van der Waals surface area contributed by atoms with Crippen molar-refractivity contribution in [3.8, 4) is 0 Å². The topological polar surface area (TPSA) is 108 Å². The second-order valence-corrected chi connectivity index (χ2v) is 8.90. The molecule has 3 N–H and O–H groups in total. The van der Waals surface area contributed by atoms with Gasteiger partial charge in [0.1, 0.15) is 0 Å². The summed E-state index contributed by atoms with van der Waals surface area (Å²) in [6.07, 6.45) is 0. The molecule has 162 valence electrons. The lowest BCUT2D eigenvalue weighted by atomic mass is 10.1. The molecule has 2 atom stereocenters. The van der Waals surface area contributed by atoms with Gasteiger partial charge >= 0.3 is 0 Å². The van der Waals surface area contributed by atoms with E-state index in [-0.39, 0.29) is 16.8 Å². The van der Waals surface area contributed by atoms with Crippen LogP contribution >= 0.6 is 0 Å². The summed E-state index contributed by atoms with van der Waals surface area (Å²) < 4.78 is 27.5. The van der Waals surface area contributed by atoms with Gasteiger partial charge in [-0.1, -0.05) is 30.3 Å². The molecule has 0 radical (unpaired) electrons. The van der Waals surface area contributed by atoms with Crippen LogP contribution in [0.2, 0.25) is 0 Å². The molecule has 0 aromatic heterocycles. The molecule has 2 rings (SSSR count). The molecule has 9 heteroatoms. The summed E-state index contributed by atoms with van der Waals surface area (Å²) >= 11 is 0. The number of rotatable bonds is 9. The average Bonchev–Trinajstić information content (AvgIpc) is 2.68. The zero-order valence-corrected chi connectivity index (χ0v) is 18.4. The molecule has 8 nitrogen and oxygen atoms in total. The number of nitrogens with zero attached hydrogens (tertiary/aromatic N) is 1. The number of anilines is 1. The van der Waals surface area contributed by atoms with Crippen LogP contribution in [0.25, 0.3) is 0 Å². The van der Waals surface area contributed by atoms with E-state index in [1.165, 1.54) is 38.1 Å². The second-order valence-electron chi connectivity index (χ2n) is 7.18. The van der Waals surface area contributed by atoms with Gasteiger partial charge in [-0.2, -0.15) is 4.72 Å². The molecule has 0 aliphatic heterocycles. The van der Waals surface area contributed by atoms with Crippen molar-refractivity contribution in [3.05, 3.63) is 60.2 Å². The van der Waals surface area contributed by atoms with Crippen molar-refractivity contribution in [2.24, 2.45) is 0 Å². The van der Waals surface area contributed by atoms with Gasteiger partial charge in [0.15, 0.2) is 0 Å². The van der Waals surface area contributed by atoms with E-state index in [1.807, 2.05) is 49.3 Å². The van der Waals surface area contributed by atoms with Crippen LogP contribution in [0.4, 0.5) is 5.69 Å². The maximum Gasteiger partial charge on any atom is 0.241 e. The molecule has 2 aromatic rings. The van der Waals surface area contributed by atoms with Crippen LogP contribution in [-0.2, 0) is 19.6 Å². The van der Waals surface area contributed by atoms with Gasteiger partial charge < -0.3 is 15.5 Å². The van der Waals surface area contributed by atoms with Crippen molar-refractivity contribution in [1.82, 2.24) is 14.9 Å². The van der Waals surface area contributed by atoms with Gasteiger partial charge in [-0.25, -0.2) is 8.42 Å². The number of nitrogens with one attached hydrogen (secondary N) is 3. The first-order chi connectivity index (χ1) is 14.1. The van der Waals surface area contributed by atoms with E-state index in [1.54, 1.807) is 0 Å². The maximum atomic E-state index is 12.6. The van der Waals surface area contributed by atoms with Gasteiger partial charge in [-0.05, 0) is 50.8 Å². The minimum Gasteiger partial charge on any atom is -0.353 e. The smallest absolute Gasteiger partial charge is 0.241 e. The van der Waals surface area contributed by atoms with E-state index in [9.17, 15) is 18.0 Å². The molecule has 0 unspecified atom stereocenters. The molecule has 0 fully saturated rings. The van der Waals surface area contributed by atoms with Gasteiger partial charge in [0.2, 0.25) is 21.8 Å². The van der Waals surface area contributed by atoms with E-state index in [4.69, 9.17) is 0 Å². The third-order valence-electron chi connectivity index (χ3n) is 4.49. The van der Waals surface area contributed by atoms with Crippen LogP contribution in [0.15, 0.2) is 59.5 Å². The Morgan fingerprint density at radius 1 is 1.00 bits per heavy atom. The fourth-order valence-electron chi connectivity index (χ4n) is 2.90. The first-order valence-electron chi connectivity index (χ1n) is 9.49. The standard InChI is InChI=1S/C21H28N4O4S/c1-15(21(27)22-14-20(25(3)4)17-8-6-5-7-9-17)24-30(28,29)19-12-10-18(11-13-19)23-16(2)26/h5-13,15,20,24H,14H2,1-4H3,(H,22,27)(H,23,26)/t15-,20-/m1/s1. The Hall–Kier alpha value is -2.75. The van der Waals surface area contributed by atoms with Crippen LogP contribution < -0.4 is 15.4 Å². The minimum absolute atomic E-state index is 0.00621. The van der Waals surface area contributed by atoms with Crippen molar-refractivity contribution >= 4 is 27.5 Å². The van der Waals surface area contributed by atoms with Crippen LogP contribution in [0.5, 0.6) is 0 Å². The summed E-state index contributed by atoms with van der Waals surface area (Å²) in [5.41, 5.74) is 1.54. The molecule has 0 saturated carbocycles. The molecule has 0 heterocycles. The third kappa shape index (κ3) is 6.65. The Balaban J connectivity index is 1.99. The zero-order valence-electron chi connectivity index (χ0n) is 17.5. The number of sulfonamides is 1. The number of carbonyl (C=O) groups excluding carboxylic acids is 2. The molecule has 0 bridgehead atoms. The lowest BCUT2D eigenvalue weighted by Gasteiger charge is -2.26. The number of hydrogen-bond donors (Lipinski definition) is 3. The Labute approximate surface area is 177 Å². The van der Waals surface area contributed by atoms with E-state index in [2.05, 4.69) is 15.4 Å². The van der Waals surface area contributed by atoms with Crippen molar-refractivity contribution in [2.75, 3.05) is 26.0 Å². The van der Waals surface area contributed by atoms with Crippen molar-refractivity contribution in [3.63, 3.8) is 0 Å². The lowest BCUT2D eigenvalue weighted by molar-refractivity contribution is -0.122. The van der Waals surface area contributed by atoms with E-state index < -0.39 is 22.0 Å². The lowest BCUT2D eigenvalue weighted by Crippen LogP contribution is -2.46. The van der Waals surface area contributed by atoms with Crippen molar-refractivity contribution in [1.29, 1.82) is 0 Å². The predicted octanol–water partition coefficient (Wildman–Crippen LogP) is 1.73. The van der Waals surface area contributed by atoms with Crippen LogP contribution in [0.3, 0.4) is 0 Å². The number of carbonyl (C=O) groups is 2. The van der Waals surface area contributed by atoms with Gasteiger partial charge in [0.25, 0.3) is 0 Å². The van der Waals surface area contributed by atoms with Crippen molar-refractivity contribution < 1.29 is 18.0 Å². The average molecular weight is 433 g/mol. The molecule has 0 spiro atoms. The Morgan fingerprint density at radius 2 is 1.60 bits per heavy atom. The van der Waals surface area contributed by atoms with Gasteiger partial charge in [0.05, 0.1) is 17.0 Å². The number of benzene rings is 2. The highest BCUT2D eigenvalue weighted by Gasteiger charge is 2.23. The van der Waals surface area contributed by atoms with Crippen LogP contribution in [0, 0.1) is 0 Å². The first-order valence-corrected chi connectivity index (χ1v) is 11.0. The summed E-state index contributed by atoms with van der Waals surface area (Å²) in [5.74, 6) is -0.670. The first kappa shape index (κ1) is 23.5. The molecule has 0 saturated heterocycles. The summed E-state index contributed by atoms with van der Waals surface area (Å²) in [6.45, 7) is 3.20. The van der Waals surface area contributed by atoms with E-state index in [0.717, 1.165) is 5.56 Å². The highest BCUT2D eigenvalue weighted by molar-refractivity contribution is 7.89. The molecular weight excluding hydrogens is 404 g/mol. The fourth-order valence-corrected chi connectivity index (χ4v) is 4.10. The Kier molecular flexibility index (Phi) is 8.10. The number of hydrogen-bond acceptors (Lipinski definition) is 5. The SMILES string of the molecule is CC(=O)Nc1ccc(S(=O)(=O)N[C@H](C)C(=O)NC[C@H](c2ccccc2)N(C)C)cc1. The van der Waals surface area contributed by atoms with Crippen LogP contribution in [-0.4, -0.2) is 51.8 Å². The van der Waals surface area contributed by atoms with Gasteiger partial charge in [-0.15, -0.1) is 0 Å². The Morgan fingerprint density at radius 3 is 2.13 bits per heavy atom. The predicted molar refractivity (Wildman–Crippen MR) is 116 cm³/mol. The van der Waals surface area contributed by atoms with Gasteiger partial charge in [0, 0.05) is 19.2 Å².